The number of nitriles is 1. The highest BCUT2D eigenvalue weighted by atomic mass is 32.2. The lowest BCUT2D eigenvalue weighted by Crippen LogP contribution is -1.87. The van der Waals surface area contributed by atoms with Gasteiger partial charge in [-0.3, -0.25) is 4.98 Å². The first-order chi connectivity index (χ1) is 12.7. The molecule has 26 heavy (non-hydrogen) atoms. The number of hydrogen-bond acceptors (Lipinski definition) is 4. The molecule has 0 fully saturated rings. The maximum Gasteiger partial charge on any atom is 0.127 e. The second kappa shape index (κ2) is 8.84. The predicted octanol–water partition coefficient (Wildman–Crippen LogP) is 5.81. The van der Waals surface area contributed by atoms with Gasteiger partial charge in [-0.2, -0.15) is 5.26 Å². The maximum absolute atomic E-state index is 13.0. The van der Waals surface area contributed by atoms with Crippen molar-refractivity contribution in [2.45, 2.75) is 5.75 Å². The molecule has 0 saturated heterocycles. The molecule has 0 spiro atoms. The number of ether oxygens (including phenoxy) is 1. The van der Waals surface area contributed by atoms with Gasteiger partial charge in [0, 0.05) is 11.9 Å². The van der Waals surface area contributed by atoms with Gasteiger partial charge >= 0.3 is 0 Å². The van der Waals surface area contributed by atoms with E-state index in [1.54, 1.807) is 18.3 Å². The monoisotopic (exact) mass is 362 g/mol. The van der Waals surface area contributed by atoms with E-state index in [2.05, 4.69) is 11.1 Å². The Morgan fingerprint density at radius 3 is 2.65 bits per heavy atom. The molecular formula is C21H15FN2OS. The Bertz CT molecular complexity index is 934. The third-order valence-electron chi connectivity index (χ3n) is 3.46. The summed E-state index contributed by atoms with van der Waals surface area (Å²) in [6, 6.07) is 21.2. The van der Waals surface area contributed by atoms with E-state index in [4.69, 9.17) is 4.74 Å². The minimum absolute atomic E-state index is 0.296. The van der Waals surface area contributed by atoms with Gasteiger partial charge in [0.2, 0.25) is 0 Å². The van der Waals surface area contributed by atoms with Crippen molar-refractivity contribution in [3.63, 3.8) is 0 Å². The van der Waals surface area contributed by atoms with Crippen LogP contribution >= 0.6 is 11.8 Å². The molecule has 0 amide bonds. The third kappa shape index (κ3) is 4.95. The summed E-state index contributed by atoms with van der Waals surface area (Å²) in [6.45, 7) is 0. The fourth-order valence-electron chi connectivity index (χ4n) is 2.22. The van der Waals surface area contributed by atoms with Crippen LogP contribution < -0.4 is 4.74 Å². The second-order valence-corrected chi connectivity index (χ2v) is 6.23. The lowest BCUT2D eigenvalue weighted by molar-refractivity contribution is 0.480. The Kier molecular flexibility index (Phi) is 6.02. The van der Waals surface area contributed by atoms with Gasteiger partial charge < -0.3 is 4.74 Å². The van der Waals surface area contributed by atoms with Crippen molar-refractivity contribution in [2.24, 2.45) is 0 Å². The van der Waals surface area contributed by atoms with Crippen LogP contribution in [0.3, 0.4) is 0 Å². The Balaban J connectivity index is 1.64. The molecule has 0 unspecified atom stereocenters. The van der Waals surface area contributed by atoms with Crippen LogP contribution in [0.4, 0.5) is 4.39 Å². The van der Waals surface area contributed by atoms with Gasteiger partial charge in [-0.25, -0.2) is 4.39 Å². The van der Waals surface area contributed by atoms with Crippen molar-refractivity contribution >= 4 is 17.3 Å². The molecule has 0 bridgehead atoms. The molecule has 3 nitrogen and oxygen atoms in total. The first-order valence-electron chi connectivity index (χ1n) is 7.90. The lowest BCUT2D eigenvalue weighted by atomic mass is 10.2. The van der Waals surface area contributed by atoms with Gasteiger partial charge in [0.1, 0.15) is 23.4 Å². The van der Waals surface area contributed by atoms with Crippen molar-refractivity contribution in [1.29, 1.82) is 5.26 Å². The highest BCUT2D eigenvalue weighted by molar-refractivity contribution is 8.01. The largest absolute Gasteiger partial charge is 0.457 e. The molecule has 128 valence electrons. The Morgan fingerprint density at radius 2 is 1.92 bits per heavy atom. The molecule has 0 saturated carbocycles. The molecule has 3 aromatic rings. The van der Waals surface area contributed by atoms with Gasteiger partial charge in [-0.05, 0) is 59.5 Å². The number of allylic oxidation sites excluding steroid dienone is 1. The minimum atomic E-state index is -0.296. The highest BCUT2D eigenvalue weighted by Gasteiger charge is 2.03. The van der Waals surface area contributed by atoms with Crippen LogP contribution in [0.15, 0.2) is 78.3 Å². The summed E-state index contributed by atoms with van der Waals surface area (Å²) in [5, 5.41) is 11.1. The van der Waals surface area contributed by atoms with E-state index < -0.39 is 0 Å². The average molecular weight is 362 g/mol. The summed E-state index contributed by atoms with van der Waals surface area (Å²) in [5.41, 5.74) is 2.26. The van der Waals surface area contributed by atoms with E-state index in [9.17, 15) is 9.65 Å². The first kappa shape index (κ1) is 17.7. The summed E-state index contributed by atoms with van der Waals surface area (Å²) in [4.78, 5) is 4.19. The number of pyridine rings is 1. The second-order valence-electron chi connectivity index (χ2n) is 5.37. The van der Waals surface area contributed by atoms with Gasteiger partial charge in [0.25, 0.3) is 0 Å². The summed E-state index contributed by atoms with van der Waals surface area (Å²) < 4.78 is 18.7. The standard InChI is InChI=1S/C21H15FN2OS/c22-18-7-9-19(10-8-18)25-20-5-3-4-16(12-20)14-26-15-17(13-23)21-6-1-2-11-24-21/h1-12,15H,14H2. The number of thioether (sulfide) groups is 1. The molecule has 1 aromatic heterocycles. The summed E-state index contributed by atoms with van der Waals surface area (Å²) in [7, 11) is 0. The van der Waals surface area contributed by atoms with E-state index in [1.807, 2.05) is 47.9 Å². The Labute approximate surface area is 155 Å². The number of halogens is 1. The zero-order valence-corrected chi connectivity index (χ0v) is 14.6. The third-order valence-corrected chi connectivity index (χ3v) is 4.36. The zero-order valence-electron chi connectivity index (χ0n) is 13.8. The molecule has 0 aliphatic heterocycles. The topological polar surface area (TPSA) is 45.9 Å². The Hall–Kier alpha value is -3.10. The van der Waals surface area contributed by atoms with Crippen LogP contribution in [0.1, 0.15) is 11.3 Å². The maximum atomic E-state index is 13.0. The molecule has 0 N–H and O–H groups in total. The van der Waals surface area contributed by atoms with Crippen LogP contribution in [0.2, 0.25) is 0 Å². The van der Waals surface area contributed by atoms with Gasteiger partial charge in [-0.15, -0.1) is 11.8 Å². The molecular weight excluding hydrogens is 347 g/mol. The molecule has 0 radical (unpaired) electrons. The zero-order chi connectivity index (χ0) is 18.2. The first-order valence-corrected chi connectivity index (χ1v) is 8.95. The number of benzene rings is 2. The van der Waals surface area contributed by atoms with E-state index in [-0.39, 0.29) is 5.82 Å². The number of hydrogen-bond donors (Lipinski definition) is 0. The smallest absolute Gasteiger partial charge is 0.127 e. The average Bonchev–Trinajstić information content (AvgIpc) is 2.68. The Morgan fingerprint density at radius 1 is 1.08 bits per heavy atom. The van der Waals surface area contributed by atoms with Crippen molar-refractivity contribution in [2.75, 3.05) is 0 Å². The van der Waals surface area contributed by atoms with Gasteiger partial charge in [-0.1, -0.05) is 18.2 Å². The number of rotatable bonds is 6. The van der Waals surface area contributed by atoms with Crippen molar-refractivity contribution in [3.8, 4) is 17.6 Å². The van der Waals surface area contributed by atoms with E-state index in [1.165, 1.54) is 23.9 Å². The predicted molar refractivity (Wildman–Crippen MR) is 102 cm³/mol. The van der Waals surface area contributed by atoms with E-state index in [0.717, 1.165) is 5.56 Å². The van der Waals surface area contributed by atoms with Crippen LogP contribution in [-0.4, -0.2) is 4.98 Å². The summed E-state index contributed by atoms with van der Waals surface area (Å²) in [5.74, 6) is 1.66. The quantitative estimate of drug-likeness (QED) is 0.519. The minimum Gasteiger partial charge on any atom is -0.457 e. The molecule has 0 aliphatic carbocycles. The molecule has 0 aliphatic rings. The van der Waals surface area contributed by atoms with Crippen LogP contribution in [0.25, 0.3) is 5.57 Å². The van der Waals surface area contributed by atoms with Crippen molar-refractivity contribution in [1.82, 2.24) is 4.98 Å². The van der Waals surface area contributed by atoms with Gasteiger partial charge in [0.05, 0.1) is 11.3 Å². The van der Waals surface area contributed by atoms with E-state index in [0.29, 0.717) is 28.5 Å². The fourth-order valence-corrected chi connectivity index (χ4v) is 3.02. The van der Waals surface area contributed by atoms with Crippen LogP contribution in [-0.2, 0) is 5.75 Å². The molecule has 0 atom stereocenters. The van der Waals surface area contributed by atoms with Crippen molar-refractivity contribution < 1.29 is 9.13 Å². The van der Waals surface area contributed by atoms with Crippen molar-refractivity contribution in [3.05, 3.63) is 95.4 Å². The molecule has 1 heterocycles. The summed E-state index contributed by atoms with van der Waals surface area (Å²) in [6.07, 6.45) is 1.67. The molecule has 5 heteroatoms. The summed E-state index contributed by atoms with van der Waals surface area (Å²) >= 11 is 1.52. The lowest BCUT2D eigenvalue weighted by Gasteiger charge is -2.07. The van der Waals surface area contributed by atoms with Gasteiger partial charge in [0.15, 0.2) is 0 Å². The fraction of sp³-hybridized carbons (Fsp3) is 0.0476. The normalized spacial score (nSPS) is 11.0. The molecule has 3 rings (SSSR count). The van der Waals surface area contributed by atoms with E-state index >= 15 is 0 Å². The number of nitrogens with zero attached hydrogens (tertiary/aromatic N) is 2. The van der Waals surface area contributed by atoms with Crippen LogP contribution in [0, 0.1) is 17.1 Å². The molecule has 2 aromatic carbocycles. The number of aromatic nitrogens is 1. The highest BCUT2D eigenvalue weighted by Crippen LogP contribution is 2.25. The van der Waals surface area contributed by atoms with Crippen LogP contribution in [0.5, 0.6) is 11.5 Å². The SMILES string of the molecule is N#CC(=CSCc1cccc(Oc2ccc(F)cc2)c1)c1ccccn1.